The molecule has 0 fully saturated rings. The van der Waals surface area contributed by atoms with Crippen molar-refractivity contribution in [3.63, 3.8) is 0 Å². The first-order chi connectivity index (χ1) is 27.0. The van der Waals surface area contributed by atoms with Gasteiger partial charge < -0.3 is 16.0 Å². The maximum atomic E-state index is 10.1. The molecule has 0 saturated carbocycles. The number of benzene rings is 2. The average molecular weight is 765 g/mol. The molecule has 0 aliphatic carbocycles. The van der Waals surface area contributed by atoms with E-state index in [4.69, 9.17) is 0 Å². The van der Waals surface area contributed by atoms with Gasteiger partial charge in [-0.3, -0.25) is 19.7 Å². The maximum Gasteiger partial charge on any atom is 0.161 e. The molecule has 55 heavy (non-hydrogen) atoms. The lowest BCUT2D eigenvalue weighted by Gasteiger charge is -2.13. The number of rotatable bonds is 7. The summed E-state index contributed by atoms with van der Waals surface area (Å²) >= 11 is 3.08. The number of fused-ring (bicyclic) bond motifs is 4. The van der Waals surface area contributed by atoms with Gasteiger partial charge in [-0.05, 0) is 38.1 Å². The third-order valence-electron chi connectivity index (χ3n) is 9.23. The van der Waals surface area contributed by atoms with E-state index in [9.17, 15) is 4.79 Å². The molecule has 0 spiro atoms. The number of nitrogens with one attached hydrogen (secondary N) is 3. The smallest absolute Gasteiger partial charge is 0.161 e. The number of nitrogens with zero attached hydrogens (tertiary/aromatic N) is 9. The Hall–Kier alpha value is -6.13. The first kappa shape index (κ1) is 35.9. The maximum absolute atomic E-state index is 10.1. The summed E-state index contributed by atoms with van der Waals surface area (Å²) < 4.78 is 0. The van der Waals surface area contributed by atoms with Crippen molar-refractivity contribution in [2.24, 2.45) is 0 Å². The molecule has 0 unspecified atom stereocenters. The minimum absolute atomic E-state index is 0.727. The highest BCUT2D eigenvalue weighted by molar-refractivity contribution is 7.11. The molecule has 8 aromatic rings. The summed E-state index contributed by atoms with van der Waals surface area (Å²) in [6.07, 6.45) is 7.75. The quantitative estimate of drug-likeness (QED) is 0.136. The second-order valence-electron chi connectivity index (χ2n) is 12.9. The van der Waals surface area contributed by atoms with Gasteiger partial charge in [-0.25, -0.2) is 29.9 Å². The number of carbonyl (C=O) groups excluding carboxylic acids is 1. The molecule has 15 heteroatoms. The fourth-order valence-electron chi connectivity index (χ4n) is 6.32. The minimum Gasteiger partial charge on any atom is -0.339 e. The standard InChI is InChI=1S/C20H18N6S.C15H13N5.C5H5NOS/c1-13-19(27-12-24-13)10-26-8-16-18(9-26)22-11-23-20(16)25-15-6-14-4-2-3-5-17(14)21-7-15;1-2-4-13-10(3-1)5-11(6-17-13)20-15-12-7-16-8-14(12)18-9-19-15;1-4-5(2-7)8-3-6-4/h2-7,11-12H,8-10H2,1H3,(H,22,23,25);1-6,9,16H,7-8H2,(H,18,19,20);2-3H,1H3. The minimum atomic E-state index is 0.727. The number of aromatic nitrogens is 8. The monoisotopic (exact) mass is 764 g/mol. The summed E-state index contributed by atoms with van der Waals surface area (Å²) in [6.45, 7) is 8.05. The van der Waals surface area contributed by atoms with E-state index in [1.165, 1.54) is 16.2 Å². The Morgan fingerprint density at radius 2 is 1.31 bits per heavy atom. The van der Waals surface area contributed by atoms with Gasteiger partial charge in [0.15, 0.2) is 6.29 Å². The van der Waals surface area contributed by atoms with Crippen LogP contribution in [-0.2, 0) is 32.7 Å². The molecule has 8 heterocycles. The zero-order valence-electron chi connectivity index (χ0n) is 30.1. The van der Waals surface area contributed by atoms with Crippen molar-refractivity contribution >= 4 is 73.8 Å². The molecular formula is C40H36N12OS2. The van der Waals surface area contributed by atoms with E-state index in [2.05, 4.69) is 91.9 Å². The zero-order chi connectivity index (χ0) is 37.6. The van der Waals surface area contributed by atoms with E-state index in [-0.39, 0.29) is 0 Å². The Morgan fingerprint density at radius 3 is 1.91 bits per heavy atom. The summed E-state index contributed by atoms with van der Waals surface area (Å²) in [5, 5.41) is 12.3. The summed E-state index contributed by atoms with van der Waals surface area (Å²) in [7, 11) is 0. The van der Waals surface area contributed by atoms with Crippen molar-refractivity contribution < 1.29 is 4.79 Å². The molecule has 2 aliphatic rings. The van der Waals surface area contributed by atoms with Gasteiger partial charge in [-0.1, -0.05) is 36.4 Å². The van der Waals surface area contributed by atoms with Crippen LogP contribution in [-0.4, -0.2) is 51.1 Å². The number of hydrogen-bond donors (Lipinski definition) is 3. The molecule has 0 atom stereocenters. The Balaban J connectivity index is 0.000000133. The van der Waals surface area contributed by atoms with E-state index in [0.29, 0.717) is 0 Å². The molecule has 0 saturated heterocycles. The second-order valence-corrected chi connectivity index (χ2v) is 14.7. The average Bonchev–Trinajstić information content (AvgIpc) is 4.04. The third kappa shape index (κ3) is 8.34. The summed E-state index contributed by atoms with van der Waals surface area (Å²) in [5.41, 5.74) is 13.8. The van der Waals surface area contributed by atoms with E-state index in [1.807, 2.05) is 61.2 Å². The molecule has 274 valence electrons. The van der Waals surface area contributed by atoms with Crippen LogP contribution < -0.4 is 16.0 Å². The van der Waals surface area contributed by atoms with E-state index >= 15 is 0 Å². The molecular weight excluding hydrogens is 729 g/mol. The number of carbonyl (C=O) groups is 1. The fraction of sp³-hybridized carbons (Fsp3) is 0.175. The number of aldehydes is 1. The third-order valence-corrected chi connectivity index (χ3v) is 11.0. The largest absolute Gasteiger partial charge is 0.339 e. The van der Waals surface area contributed by atoms with Crippen molar-refractivity contribution in [1.29, 1.82) is 0 Å². The van der Waals surface area contributed by atoms with Gasteiger partial charge in [-0.15, -0.1) is 22.7 Å². The highest BCUT2D eigenvalue weighted by Crippen LogP contribution is 2.31. The van der Waals surface area contributed by atoms with E-state index < -0.39 is 0 Å². The number of para-hydroxylation sites is 2. The predicted molar refractivity (Wildman–Crippen MR) is 217 cm³/mol. The lowest BCUT2D eigenvalue weighted by molar-refractivity contribution is 0.112. The number of aryl methyl sites for hydroxylation is 2. The highest BCUT2D eigenvalue weighted by atomic mass is 32.1. The van der Waals surface area contributed by atoms with E-state index in [1.54, 1.807) is 29.5 Å². The first-order valence-corrected chi connectivity index (χ1v) is 19.3. The number of thiazole rings is 2. The van der Waals surface area contributed by atoms with Gasteiger partial charge in [0.05, 0.1) is 73.5 Å². The Bertz CT molecular complexity index is 2610. The molecule has 2 aliphatic heterocycles. The zero-order valence-corrected chi connectivity index (χ0v) is 31.7. The molecule has 13 nitrogen and oxygen atoms in total. The van der Waals surface area contributed by atoms with Crippen LogP contribution in [0, 0.1) is 13.8 Å². The van der Waals surface area contributed by atoms with Crippen LogP contribution in [0.25, 0.3) is 21.8 Å². The molecule has 3 N–H and O–H groups in total. The van der Waals surface area contributed by atoms with Gasteiger partial charge in [0.25, 0.3) is 0 Å². The van der Waals surface area contributed by atoms with Crippen LogP contribution in [0.4, 0.5) is 23.0 Å². The van der Waals surface area contributed by atoms with Crippen LogP contribution in [0.5, 0.6) is 0 Å². The summed E-state index contributed by atoms with van der Waals surface area (Å²) in [5.74, 6) is 1.72. The summed E-state index contributed by atoms with van der Waals surface area (Å²) in [6, 6.07) is 20.4. The van der Waals surface area contributed by atoms with Crippen LogP contribution >= 0.6 is 22.7 Å². The Morgan fingerprint density at radius 1 is 0.691 bits per heavy atom. The fourth-order valence-corrected chi connectivity index (χ4v) is 7.74. The Kier molecular flexibility index (Phi) is 10.8. The van der Waals surface area contributed by atoms with Gasteiger partial charge in [0.1, 0.15) is 24.3 Å². The number of hydrogen-bond acceptors (Lipinski definition) is 15. The summed E-state index contributed by atoms with van der Waals surface area (Å²) in [4.78, 5) is 49.3. The van der Waals surface area contributed by atoms with Crippen molar-refractivity contribution in [3.05, 3.63) is 140 Å². The van der Waals surface area contributed by atoms with Crippen LogP contribution in [0.15, 0.2) is 96.7 Å². The predicted octanol–water partition coefficient (Wildman–Crippen LogP) is 7.68. The van der Waals surface area contributed by atoms with Gasteiger partial charge in [0.2, 0.25) is 0 Å². The molecule has 2 aromatic carbocycles. The SMILES string of the molecule is Cc1ncsc1C=O.Cc1ncsc1CN1Cc2ncnc(Nc3cnc4ccccc4c3)c2C1.c1ccc2ncc(Nc3ncnc4c3CNC4)cc2c1. The topological polar surface area (TPSA) is 160 Å². The molecule has 10 rings (SSSR count). The molecule has 6 aromatic heterocycles. The van der Waals surface area contributed by atoms with Crippen LogP contribution in [0.3, 0.4) is 0 Å². The van der Waals surface area contributed by atoms with Crippen LogP contribution in [0.2, 0.25) is 0 Å². The van der Waals surface area contributed by atoms with Gasteiger partial charge >= 0.3 is 0 Å². The van der Waals surface area contributed by atoms with Gasteiger partial charge in [-0.2, -0.15) is 0 Å². The lowest BCUT2D eigenvalue weighted by atomic mass is 10.2. The van der Waals surface area contributed by atoms with E-state index in [0.717, 1.165) is 123 Å². The van der Waals surface area contributed by atoms with Crippen molar-refractivity contribution in [3.8, 4) is 0 Å². The normalized spacial score (nSPS) is 13.0. The second kappa shape index (κ2) is 16.5. The van der Waals surface area contributed by atoms with Gasteiger partial charge in [0, 0.05) is 59.5 Å². The highest BCUT2D eigenvalue weighted by Gasteiger charge is 2.25. The molecule has 0 radical (unpaired) electrons. The number of anilines is 4. The van der Waals surface area contributed by atoms with Crippen LogP contribution in [0.1, 0.15) is 48.5 Å². The van der Waals surface area contributed by atoms with Crippen molar-refractivity contribution in [2.45, 2.75) is 46.6 Å². The molecule has 0 amide bonds. The molecule has 0 bridgehead atoms. The first-order valence-electron chi connectivity index (χ1n) is 17.6. The van der Waals surface area contributed by atoms with Crippen molar-refractivity contribution in [1.82, 2.24) is 50.1 Å². The van der Waals surface area contributed by atoms with Crippen molar-refractivity contribution in [2.75, 3.05) is 10.6 Å². The lowest BCUT2D eigenvalue weighted by Crippen LogP contribution is -2.15. The Labute approximate surface area is 325 Å². The number of pyridine rings is 2.